The fourth-order valence-corrected chi connectivity index (χ4v) is 7.73. The number of alkyl halides is 2. The summed E-state index contributed by atoms with van der Waals surface area (Å²) in [5.41, 5.74) is -8.51. The molecule has 4 saturated carbocycles. The van der Waals surface area contributed by atoms with Crippen molar-refractivity contribution in [1.29, 1.82) is 0 Å². The van der Waals surface area contributed by atoms with Crippen LogP contribution in [0.4, 0.5) is 13.6 Å². The average molecular weight is 760 g/mol. The number of hydrogen-bond acceptors (Lipinski definition) is 12. The van der Waals surface area contributed by atoms with Crippen molar-refractivity contribution < 1.29 is 66.0 Å². The van der Waals surface area contributed by atoms with Crippen LogP contribution in [0.15, 0.2) is 0 Å². The van der Waals surface area contributed by atoms with Crippen LogP contribution in [0.25, 0.3) is 0 Å². The molecule has 15 nitrogen and oxygen atoms in total. The van der Waals surface area contributed by atoms with E-state index in [1.165, 1.54) is 6.92 Å². The first-order valence-electron chi connectivity index (χ1n) is 18.3. The van der Waals surface area contributed by atoms with E-state index in [0.29, 0.717) is 6.42 Å². The van der Waals surface area contributed by atoms with E-state index in [0.717, 1.165) is 0 Å². The number of halogens is 2. The van der Waals surface area contributed by atoms with Gasteiger partial charge in [-0.2, -0.15) is 0 Å². The number of amides is 3. The number of hydrogen-bond donors (Lipinski definition) is 3. The molecule has 0 heterocycles. The number of fused-ring (bicyclic) bond motifs is 2. The lowest BCUT2D eigenvalue weighted by atomic mass is 9.88. The summed E-state index contributed by atoms with van der Waals surface area (Å²) in [7, 11) is 0. The Morgan fingerprint density at radius 3 is 1.34 bits per heavy atom. The van der Waals surface area contributed by atoms with Crippen LogP contribution in [0.5, 0.6) is 0 Å². The van der Waals surface area contributed by atoms with E-state index in [4.69, 9.17) is 23.7 Å². The van der Waals surface area contributed by atoms with Gasteiger partial charge in [-0.15, -0.1) is 0 Å². The molecule has 4 aliphatic carbocycles. The lowest BCUT2D eigenvalue weighted by Gasteiger charge is -2.33. The van der Waals surface area contributed by atoms with Gasteiger partial charge in [0.1, 0.15) is 22.7 Å². The van der Waals surface area contributed by atoms with E-state index in [1.54, 1.807) is 62.3 Å². The summed E-state index contributed by atoms with van der Waals surface area (Å²) in [6.45, 7) is 16.4. The maximum absolute atomic E-state index is 15.4. The maximum atomic E-state index is 15.4. The van der Waals surface area contributed by atoms with Gasteiger partial charge in [-0.1, -0.05) is 13.8 Å². The van der Waals surface area contributed by atoms with Gasteiger partial charge >= 0.3 is 30.0 Å². The SMILES string of the molecule is CCOC(=O)[C@@]1(F)[C@@H]2CC[C@@](NC(=O)[C@@H](C)NC(=O)OC(C)(C)C)(C(=O)OCC)[C@@H]21.CCOC(=O)[C@@]1(F)[C@H]2[C@@H]1CC[C@]2(NC(=O)C(C)C)C(=O)OCC. The summed E-state index contributed by atoms with van der Waals surface area (Å²) in [4.78, 5) is 86.2. The minimum atomic E-state index is -2.35. The van der Waals surface area contributed by atoms with E-state index in [-0.39, 0.29) is 57.5 Å². The Bertz CT molecular complexity index is 1450. The van der Waals surface area contributed by atoms with Gasteiger partial charge in [0.2, 0.25) is 23.2 Å². The molecule has 17 heteroatoms. The number of ether oxygens (including phenoxy) is 5. The smallest absolute Gasteiger partial charge is 0.408 e. The molecule has 0 saturated heterocycles. The second kappa shape index (κ2) is 16.1. The third kappa shape index (κ3) is 8.22. The van der Waals surface area contributed by atoms with Gasteiger partial charge in [0.15, 0.2) is 0 Å². The molecule has 0 bridgehead atoms. The van der Waals surface area contributed by atoms with Crippen molar-refractivity contribution in [2.45, 2.75) is 129 Å². The van der Waals surface area contributed by atoms with Crippen molar-refractivity contribution in [1.82, 2.24) is 16.0 Å². The molecule has 0 aromatic rings. The molecule has 4 aliphatic rings. The van der Waals surface area contributed by atoms with E-state index < -0.39 is 93.6 Å². The third-order valence-electron chi connectivity index (χ3n) is 10.1. The maximum Gasteiger partial charge on any atom is 0.408 e. The van der Waals surface area contributed by atoms with Crippen molar-refractivity contribution in [2.75, 3.05) is 26.4 Å². The standard InChI is InChI=1S/C20H31FN2O7.C16H24FNO5/c1-7-28-15(25)19(10-9-12-13(19)20(12,21)16(26)29-8-2)23-14(24)11(3)22-17(27)30-18(4,5)6;1-5-22-13(20)15(18-12(19)9(3)4)8-7-10-11(15)16(10,17)14(21)23-6-2/h11-13H,7-10H2,1-6H3,(H,22,27)(H,23,24);9-11H,5-8H2,1-4H3,(H,18,19)/t11-,12-,13-,19+,20-;10-,11-,15+,16-/m10/s1. The Hall–Kier alpha value is -4.05. The van der Waals surface area contributed by atoms with Gasteiger partial charge in [-0.3, -0.25) is 9.59 Å². The van der Waals surface area contributed by atoms with E-state index in [1.807, 2.05) is 0 Å². The van der Waals surface area contributed by atoms with Crippen molar-refractivity contribution in [3.63, 3.8) is 0 Å². The summed E-state index contributed by atoms with van der Waals surface area (Å²) >= 11 is 0. The number of nitrogens with one attached hydrogen (secondary N) is 3. The number of rotatable bonds is 13. The van der Waals surface area contributed by atoms with Crippen molar-refractivity contribution in [3.05, 3.63) is 0 Å². The van der Waals surface area contributed by atoms with E-state index in [9.17, 15) is 33.6 Å². The third-order valence-corrected chi connectivity index (χ3v) is 10.1. The molecule has 53 heavy (non-hydrogen) atoms. The van der Waals surface area contributed by atoms with Gasteiger partial charge in [0.25, 0.3) is 0 Å². The van der Waals surface area contributed by atoms with Crippen LogP contribution in [0.2, 0.25) is 0 Å². The zero-order chi connectivity index (χ0) is 40.3. The largest absolute Gasteiger partial charge is 0.464 e. The average Bonchev–Trinajstić information content (AvgIpc) is 3.68. The molecule has 300 valence electrons. The van der Waals surface area contributed by atoms with Crippen LogP contribution in [-0.4, -0.2) is 102 Å². The minimum Gasteiger partial charge on any atom is -0.464 e. The number of carbonyl (C=O) groups excluding carboxylic acids is 7. The number of carbonyl (C=O) groups is 7. The topological polar surface area (TPSA) is 202 Å². The Kier molecular flexibility index (Phi) is 13.2. The quantitative estimate of drug-likeness (QED) is 0.183. The number of alkyl carbamates (subject to hydrolysis) is 1. The molecular formula is C36H55F2N3O12. The van der Waals surface area contributed by atoms with Crippen molar-refractivity contribution in [2.24, 2.45) is 29.6 Å². The minimum absolute atomic E-state index is 0.000445. The fraction of sp³-hybridized carbons (Fsp3) is 0.806. The number of esters is 4. The van der Waals surface area contributed by atoms with Gasteiger partial charge in [-0.25, -0.2) is 32.8 Å². The second-order valence-electron chi connectivity index (χ2n) is 15.1. The molecule has 4 rings (SSSR count). The summed E-state index contributed by atoms with van der Waals surface area (Å²) < 4.78 is 55.5. The highest BCUT2D eigenvalue weighted by Crippen LogP contribution is 2.69. The summed E-state index contributed by atoms with van der Waals surface area (Å²) in [5.74, 6) is -8.28. The first-order chi connectivity index (χ1) is 24.6. The van der Waals surface area contributed by atoms with E-state index >= 15 is 8.78 Å². The van der Waals surface area contributed by atoms with Crippen LogP contribution in [0.3, 0.4) is 0 Å². The van der Waals surface area contributed by atoms with Crippen molar-refractivity contribution >= 4 is 41.8 Å². The second-order valence-corrected chi connectivity index (χ2v) is 15.1. The summed E-state index contributed by atoms with van der Waals surface area (Å²) in [5, 5.41) is 7.60. The van der Waals surface area contributed by atoms with Crippen LogP contribution < -0.4 is 16.0 Å². The van der Waals surface area contributed by atoms with Crippen molar-refractivity contribution in [3.8, 4) is 0 Å². The summed E-state index contributed by atoms with van der Waals surface area (Å²) in [6.07, 6.45) is 0.129. The Morgan fingerprint density at radius 1 is 0.642 bits per heavy atom. The van der Waals surface area contributed by atoms with Gasteiger partial charge in [-0.05, 0) is 81.1 Å². The van der Waals surface area contributed by atoms with Crippen LogP contribution >= 0.6 is 0 Å². The molecule has 0 unspecified atom stereocenters. The normalized spacial score (nSPS) is 32.3. The van der Waals surface area contributed by atoms with Crippen LogP contribution in [0, 0.1) is 29.6 Å². The lowest BCUT2D eigenvalue weighted by Crippen LogP contribution is -2.61. The first kappa shape index (κ1) is 43.4. The molecule has 4 fully saturated rings. The molecule has 0 spiro atoms. The lowest BCUT2D eigenvalue weighted by molar-refractivity contribution is -0.160. The highest BCUT2D eigenvalue weighted by atomic mass is 19.2. The first-order valence-corrected chi connectivity index (χ1v) is 18.3. The highest BCUT2D eigenvalue weighted by molar-refractivity contribution is 5.97. The predicted octanol–water partition coefficient (Wildman–Crippen LogP) is 3.00. The molecule has 3 N–H and O–H groups in total. The summed E-state index contributed by atoms with van der Waals surface area (Å²) in [6, 6.07) is -1.07. The molecule has 3 amide bonds. The fourth-order valence-electron chi connectivity index (χ4n) is 7.73. The Morgan fingerprint density at radius 2 is 1.00 bits per heavy atom. The van der Waals surface area contributed by atoms with E-state index in [2.05, 4.69) is 16.0 Å². The zero-order valence-corrected chi connectivity index (χ0v) is 32.3. The molecule has 0 aliphatic heterocycles. The van der Waals surface area contributed by atoms with Gasteiger partial charge in [0.05, 0.1) is 26.4 Å². The molecule has 0 aromatic heterocycles. The highest BCUT2D eigenvalue weighted by Gasteiger charge is 2.85. The van der Waals surface area contributed by atoms with Gasteiger partial charge in [0, 0.05) is 29.6 Å². The van der Waals surface area contributed by atoms with Crippen LogP contribution in [0.1, 0.15) is 94.9 Å². The monoisotopic (exact) mass is 759 g/mol. The zero-order valence-electron chi connectivity index (χ0n) is 32.3. The molecule has 0 aromatic carbocycles. The predicted molar refractivity (Wildman–Crippen MR) is 182 cm³/mol. The Balaban J connectivity index is 0.000000295. The van der Waals surface area contributed by atoms with Crippen LogP contribution in [-0.2, 0) is 52.5 Å². The molecule has 0 radical (unpaired) electrons. The molecular weight excluding hydrogens is 704 g/mol. The Labute approximate surface area is 308 Å². The molecule has 9 atom stereocenters. The van der Waals surface area contributed by atoms with Gasteiger partial charge < -0.3 is 39.6 Å².